The lowest BCUT2D eigenvalue weighted by atomic mass is 9.75. The second-order valence-corrected chi connectivity index (χ2v) is 10.2. The number of nitrogens with zero attached hydrogens (tertiary/aromatic N) is 2. The van der Waals surface area contributed by atoms with Crippen LogP contribution >= 0.6 is 0 Å². The molecule has 8 nitrogen and oxygen atoms in total. The van der Waals surface area contributed by atoms with Gasteiger partial charge in [0, 0.05) is 24.6 Å². The minimum absolute atomic E-state index is 0.0336. The average Bonchev–Trinajstić information content (AvgIpc) is 3.09. The van der Waals surface area contributed by atoms with Gasteiger partial charge in [0.05, 0.1) is 11.1 Å². The Bertz CT molecular complexity index is 1060. The normalized spacial score (nSPS) is 20.9. The summed E-state index contributed by atoms with van der Waals surface area (Å²) in [5.41, 5.74) is 2.81. The van der Waals surface area contributed by atoms with Crippen LogP contribution in [0.4, 0.5) is 17.2 Å². The number of aryl methyl sites for hydroxylation is 1. The zero-order valence-corrected chi connectivity index (χ0v) is 20.4. The van der Waals surface area contributed by atoms with E-state index in [-0.39, 0.29) is 17.7 Å². The molecule has 2 aliphatic heterocycles. The minimum Gasteiger partial charge on any atom is -0.381 e. The largest absolute Gasteiger partial charge is 0.381 e. The van der Waals surface area contributed by atoms with Gasteiger partial charge < -0.3 is 20.7 Å². The van der Waals surface area contributed by atoms with Gasteiger partial charge in [-0.15, -0.1) is 5.10 Å². The lowest BCUT2D eigenvalue weighted by Gasteiger charge is -2.31. The van der Waals surface area contributed by atoms with Gasteiger partial charge in [0.2, 0.25) is 11.8 Å². The van der Waals surface area contributed by atoms with Crippen molar-refractivity contribution in [2.75, 3.05) is 29.2 Å². The molecule has 1 aromatic carbocycles. The Morgan fingerprint density at radius 2 is 1.80 bits per heavy atom. The number of benzene rings is 1. The smallest absolute Gasteiger partial charge is 0.247 e. The van der Waals surface area contributed by atoms with Crippen LogP contribution in [0, 0.1) is 12.8 Å². The van der Waals surface area contributed by atoms with Crippen molar-refractivity contribution in [1.82, 2.24) is 10.2 Å². The lowest BCUT2D eigenvalue weighted by molar-refractivity contribution is -0.124. The molecule has 1 saturated heterocycles. The number of aromatic nitrogens is 2. The standard InChI is InChI=1S/C27H35N5O3/c1-18-9-12-23(32-31-18)30-24(19-7-5-3-2-4-6-8-19)25(33)28-20-10-11-21-22(17-20)29-26(34)27(21)13-15-35-16-14-27/h9-12,17,19,24H,2-8,13-16H2,1H3,(H,28,33)(H,29,34)(H,30,32). The molecule has 0 radical (unpaired) electrons. The Balaban J connectivity index is 1.36. The Labute approximate surface area is 206 Å². The van der Waals surface area contributed by atoms with E-state index in [0.717, 1.165) is 42.6 Å². The zero-order chi connectivity index (χ0) is 24.3. The summed E-state index contributed by atoms with van der Waals surface area (Å²) in [6, 6.07) is 9.15. The summed E-state index contributed by atoms with van der Waals surface area (Å²) < 4.78 is 5.50. The Kier molecular flexibility index (Phi) is 7.00. The van der Waals surface area contributed by atoms with E-state index in [1.54, 1.807) is 0 Å². The van der Waals surface area contributed by atoms with Crippen molar-refractivity contribution in [3.63, 3.8) is 0 Å². The number of hydrogen-bond acceptors (Lipinski definition) is 6. The minimum atomic E-state index is -0.511. The number of rotatable bonds is 5. The van der Waals surface area contributed by atoms with Crippen molar-refractivity contribution >= 4 is 29.0 Å². The van der Waals surface area contributed by atoms with Crippen molar-refractivity contribution in [2.24, 2.45) is 5.92 Å². The first-order valence-corrected chi connectivity index (χ1v) is 13.0. The monoisotopic (exact) mass is 477 g/mol. The number of nitrogens with one attached hydrogen (secondary N) is 3. The first-order chi connectivity index (χ1) is 17.0. The maximum absolute atomic E-state index is 13.6. The van der Waals surface area contributed by atoms with E-state index in [1.165, 1.54) is 19.3 Å². The molecular formula is C27H35N5O3. The number of amides is 2. The van der Waals surface area contributed by atoms with Gasteiger partial charge in [0.15, 0.2) is 0 Å². The van der Waals surface area contributed by atoms with Crippen LogP contribution in [0.1, 0.15) is 69.0 Å². The molecule has 1 aliphatic carbocycles. The van der Waals surface area contributed by atoms with Crippen molar-refractivity contribution < 1.29 is 14.3 Å². The van der Waals surface area contributed by atoms with Crippen LogP contribution in [0.25, 0.3) is 0 Å². The van der Waals surface area contributed by atoms with Gasteiger partial charge in [-0.2, -0.15) is 5.10 Å². The number of carbonyl (C=O) groups is 2. The molecule has 1 atom stereocenters. The van der Waals surface area contributed by atoms with Crippen LogP contribution in [0.5, 0.6) is 0 Å². The van der Waals surface area contributed by atoms with E-state index >= 15 is 0 Å². The van der Waals surface area contributed by atoms with E-state index in [2.05, 4.69) is 26.1 Å². The third-order valence-corrected chi connectivity index (χ3v) is 7.84. The number of hydrogen-bond donors (Lipinski definition) is 3. The Hall–Kier alpha value is -3.00. The first kappa shape index (κ1) is 23.7. The van der Waals surface area contributed by atoms with Crippen molar-refractivity contribution in [3.8, 4) is 0 Å². The predicted octanol–water partition coefficient (Wildman–Crippen LogP) is 4.57. The molecular weight excluding hydrogens is 442 g/mol. The zero-order valence-electron chi connectivity index (χ0n) is 20.4. The molecule has 1 unspecified atom stereocenters. The number of anilines is 3. The highest BCUT2D eigenvalue weighted by Crippen LogP contribution is 2.45. The molecule has 2 fully saturated rings. The van der Waals surface area contributed by atoms with E-state index in [1.807, 2.05) is 37.3 Å². The quantitative estimate of drug-likeness (QED) is 0.583. The fourth-order valence-electron chi connectivity index (χ4n) is 5.80. The topological polar surface area (TPSA) is 105 Å². The molecule has 35 heavy (non-hydrogen) atoms. The summed E-state index contributed by atoms with van der Waals surface area (Å²) in [4.78, 5) is 26.5. The van der Waals surface area contributed by atoms with Crippen molar-refractivity contribution in [2.45, 2.75) is 76.2 Å². The van der Waals surface area contributed by atoms with Crippen LogP contribution in [0.2, 0.25) is 0 Å². The van der Waals surface area contributed by atoms with Crippen LogP contribution in [-0.4, -0.2) is 41.3 Å². The highest BCUT2D eigenvalue weighted by molar-refractivity contribution is 6.07. The van der Waals surface area contributed by atoms with Crippen LogP contribution in [-0.2, 0) is 19.7 Å². The van der Waals surface area contributed by atoms with Gasteiger partial charge in [-0.05, 0) is 68.4 Å². The van der Waals surface area contributed by atoms with Gasteiger partial charge >= 0.3 is 0 Å². The van der Waals surface area contributed by atoms with Crippen molar-refractivity contribution in [1.29, 1.82) is 0 Å². The highest BCUT2D eigenvalue weighted by Gasteiger charge is 2.47. The van der Waals surface area contributed by atoms with Crippen molar-refractivity contribution in [3.05, 3.63) is 41.6 Å². The van der Waals surface area contributed by atoms with Crippen LogP contribution < -0.4 is 16.0 Å². The SMILES string of the molecule is Cc1ccc(NC(C(=O)Nc2ccc3c(c2)NC(=O)C32CCOCC2)C2CCCCCCC2)nn1. The van der Waals surface area contributed by atoms with Gasteiger partial charge in [0.1, 0.15) is 11.9 Å². The summed E-state index contributed by atoms with van der Waals surface area (Å²) in [6.07, 6.45) is 9.35. The van der Waals surface area contributed by atoms with Crippen LogP contribution in [0.15, 0.2) is 30.3 Å². The molecule has 3 heterocycles. The molecule has 3 aliphatic rings. The van der Waals surface area contributed by atoms with E-state index in [4.69, 9.17) is 4.74 Å². The number of fused-ring (bicyclic) bond motifs is 2. The fourth-order valence-corrected chi connectivity index (χ4v) is 5.80. The number of carbonyl (C=O) groups excluding carboxylic acids is 2. The molecule has 2 amide bonds. The predicted molar refractivity (Wildman–Crippen MR) is 135 cm³/mol. The van der Waals surface area contributed by atoms with E-state index in [0.29, 0.717) is 37.6 Å². The Morgan fingerprint density at radius 1 is 1.06 bits per heavy atom. The molecule has 5 rings (SSSR count). The first-order valence-electron chi connectivity index (χ1n) is 13.0. The summed E-state index contributed by atoms with van der Waals surface area (Å²) >= 11 is 0. The van der Waals surface area contributed by atoms with Gasteiger partial charge in [-0.25, -0.2) is 0 Å². The maximum atomic E-state index is 13.6. The molecule has 3 N–H and O–H groups in total. The fraction of sp³-hybridized carbons (Fsp3) is 0.556. The van der Waals surface area contributed by atoms with Gasteiger partial charge in [-0.1, -0.05) is 38.2 Å². The van der Waals surface area contributed by atoms with Crippen LogP contribution in [0.3, 0.4) is 0 Å². The summed E-state index contributed by atoms with van der Waals surface area (Å²) in [5, 5.41) is 17.9. The third kappa shape index (κ3) is 5.03. The third-order valence-electron chi connectivity index (χ3n) is 7.84. The van der Waals surface area contributed by atoms with Gasteiger partial charge in [-0.3, -0.25) is 9.59 Å². The molecule has 2 aromatic rings. The second kappa shape index (κ2) is 10.3. The maximum Gasteiger partial charge on any atom is 0.247 e. The molecule has 186 valence electrons. The average molecular weight is 478 g/mol. The summed E-state index contributed by atoms with van der Waals surface area (Å²) in [6.45, 7) is 3.07. The second-order valence-electron chi connectivity index (χ2n) is 10.2. The molecule has 1 aromatic heterocycles. The molecule has 8 heteroatoms. The van der Waals surface area contributed by atoms with E-state index in [9.17, 15) is 9.59 Å². The highest BCUT2D eigenvalue weighted by atomic mass is 16.5. The van der Waals surface area contributed by atoms with E-state index < -0.39 is 11.5 Å². The molecule has 1 saturated carbocycles. The summed E-state index contributed by atoms with van der Waals surface area (Å²) in [7, 11) is 0. The lowest BCUT2D eigenvalue weighted by Crippen LogP contribution is -2.41. The Morgan fingerprint density at radius 3 is 2.51 bits per heavy atom. The summed E-state index contributed by atoms with van der Waals surface area (Å²) in [5.74, 6) is 0.785. The van der Waals surface area contributed by atoms with Gasteiger partial charge in [0.25, 0.3) is 0 Å². The molecule has 1 spiro atoms. The molecule has 0 bridgehead atoms. The number of ether oxygens (including phenoxy) is 1.